The maximum absolute atomic E-state index is 12.2. The minimum Gasteiger partial charge on any atom is -0.377 e. The van der Waals surface area contributed by atoms with Crippen LogP contribution in [0.1, 0.15) is 39.5 Å². The third-order valence-electron chi connectivity index (χ3n) is 2.51. The SMILES string of the molecule is CCOP(=O)(OCC)C1(O)CCCC1. The average molecular weight is 222 g/mol. The second-order valence-electron chi connectivity index (χ2n) is 3.52. The Morgan fingerprint density at radius 1 is 1.21 bits per heavy atom. The third-order valence-corrected chi connectivity index (χ3v) is 5.18. The summed E-state index contributed by atoms with van der Waals surface area (Å²) in [5.41, 5.74) is 0. The van der Waals surface area contributed by atoms with E-state index in [1.807, 2.05) is 0 Å². The second kappa shape index (κ2) is 4.75. The maximum Gasteiger partial charge on any atom is 0.361 e. The summed E-state index contributed by atoms with van der Waals surface area (Å²) in [6.07, 6.45) is 2.82. The zero-order valence-corrected chi connectivity index (χ0v) is 9.76. The minimum atomic E-state index is -3.32. The van der Waals surface area contributed by atoms with Crippen LogP contribution in [0.2, 0.25) is 0 Å². The molecular weight excluding hydrogens is 203 g/mol. The molecule has 5 heteroatoms. The first-order valence-electron chi connectivity index (χ1n) is 5.19. The quantitative estimate of drug-likeness (QED) is 0.726. The van der Waals surface area contributed by atoms with Gasteiger partial charge in [-0.1, -0.05) is 0 Å². The lowest BCUT2D eigenvalue weighted by atomic mass is 10.3. The van der Waals surface area contributed by atoms with Gasteiger partial charge in [0, 0.05) is 0 Å². The smallest absolute Gasteiger partial charge is 0.361 e. The van der Waals surface area contributed by atoms with Crippen molar-refractivity contribution in [3.05, 3.63) is 0 Å². The van der Waals surface area contributed by atoms with E-state index in [2.05, 4.69) is 0 Å². The van der Waals surface area contributed by atoms with Crippen LogP contribution in [0, 0.1) is 0 Å². The molecule has 1 fully saturated rings. The molecule has 0 amide bonds. The predicted octanol–water partition coefficient (Wildman–Crippen LogP) is 2.52. The summed E-state index contributed by atoms with van der Waals surface area (Å²) in [5, 5.41) is 8.92. The highest BCUT2D eigenvalue weighted by Crippen LogP contribution is 2.64. The van der Waals surface area contributed by atoms with Gasteiger partial charge >= 0.3 is 7.60 Å². The van der Waals surface area contributed by atoms with Crippen molar-refractivity contribution in [3.8, 4) is 0 Å². The van der Waals surface area contributed by atoms with Gasteiger partial charge in [0.2, 0.25) is 0 Å². The standard InChI is InChI=1S/C9H19O4P/c1-3-12-14(11,13-4-2)9(10)7-5-6-8-9/h10H,3-8H2,1-2H3. The van der Waals surface area contributed by atoms with Crippen LogP contribution in [0.25, 0.3) is 0 Å². The van der Waals surface area contributed by atoms with Crippen LogP contribution in [0.4, 0.5) is 0 Å². The normalized spacial score (nSPS) is 21.4. The number of rotatable bonds is 5. The molecule has 1 saturated carbocycles. The number of aliphatic hydroxyl groups is 1. The lowest BCUT2D eigenvalue weighted by Gasteiger charge is -2.30. The minimum absolute atomic E-state index is 0.305. The Hall–Kier alpha value is 0.110. The van der Waals surface area contributed by atoms with Crippen LogP contribution in [-0.4, -0.2) is 23.7 Å². The van der Waals surface area contributed by atoms with Crippen molar-refractivity contribution in [1.82, 2.24) is 0 Å². The Balaban J connectivity index is 2.79. The largest absolute Gasteiger partial charge is 0.377 e. The highest BCUT2D eigenvalue weighted by molar-refractivity contribution is 7.55. The number of hydrogen-bond acceptors (Lipinski definition) is 4. The van der Waals surface area contributed by atoms with Gasteiger partial charge in [-0.05, 0) is 39.5 Å². The Morgan fingerprint density at radius 3 is 2.00 bits per heavy atom. The van der Waals surface area contributed by atoms with Crippen LogP contribution in [0.3, 0.4) is 0 Å². The zero-order chi connectivity index (χ0) is 10.7. The molecule has 0 unspecified atom stereocenters. The highest BCUT2D eigenvalue weighted by atomic mass is 31.2. The fourth-order valence-corrected chi connectivity index (χ4v) is 3.93. The molecule has 0 bridgehead atoms. The molecule has 0 aliphatic heterocycles. The summed E-state index contributed by atoms with van der Waals surface area (Å²) in [4.78, 5) is 0. The first kappa shape index (κ1) is 12.2. The molecule has 0 aromatic heterocycles. The highest BCUT2D eigenvalue weighted by Gasteiger charge is 2.51. The van der Waals surface area contributed by atoms with E-state index in [9.17, 15) is 9.67 Å². The van der Waals surface area contributed by atoms with Gasteiger partial charge in [-0.3, -0.25) is 4.57 Å². The van der Waals surface area contributed by atoms with Gasteiger partial charge in [0.25, 0.3) is 0 Å². The van der Waals surface area contributed by atoms with E-state index in [1.54, 1.807) is 13.8 Å². The van der Waals surface area contributed by atoms with Crippen LogP contribution in [0.15, 0.2) is 0 Å². The molecule has 4 nitrogen and oxygen atoms in total. The van der Waals surface area contributed by atoms with Gasteiger partial charge < -0.3 is 14.2 Å². The van der Waals surface area contributed by atoms with E-state index in [1.165, 1.54) is 0 Å². The van der Waals surface area contributed by atoms with Crippen molar-refractivity contribution in [2.75, 3.05) is 13.2 Å². The van der Waals surface area contributed by atoms with E-state index in [0.717, 1.165) is 12.8 Å². The molecule has 0 atom stereocenters. The summed E-state index contributed by atoms with van der Waals surface area (Å²) in [5.74, 6) is 0. The fourth-order valence-electron chi connectivity index (χ4n) is 1.83. The van der Waals surface area contributed by atoms with E-state index in [-0.39, 0.29) is 0 Å². The molecule has 0 radical (unpaired) electrons. The zero-order valence-electron chi connectivity index (χ0n) is 8.86. The van der Waals surface area contributed by atoms with Gasteiger partial charge in [0.1, 0.15) is 0 Å². The predicted molar refractivity (Wildman–Crippen MR) is 54.3 cm³/mol. The van der Waals surface area contributed by atoms with Gasteiger partial charge in [0.05, 0.1) is 13.2 Å². The molecule has 1 aliphatic carbocycles. The summed E-state index contributed by atoms with van der Waals surface area (Å²) < 4.78 is 22.5. The molecular formula is C9H19O4P. The van der Waals surface area contributed by atoms with E-state index >= 15 is 0 Å². The molecule has 1 rings (SSSR count). The van der Waals surface area contributed by atoms with E-state index < -0.39 is 12.9 Å². The second-order valence-corrected chi connectivity index (χ2v) is 5.87. The summed E-state index contributed by atoms with van der Waals surface area (Å²) in [7, 11) is -3.32. The monoisotopic (exact) mass is 222 g/mol. The Kier molecular flexibility index (Phi) is 4.14. The first-order valence-corrected chi connectivity index (χ1v) is 6.74. The van der Waals surface area contributed by atoms with Crippen LogP contribution in [0.5, 0.6) is 0 Å². The molecule has 0 heterocycles. The van der Waals surface area contributed by atoms with Gasteiger partial charge in [0.15, 0.2) is 5.34 Å². The lowest BCUT2D eigenvalue weighted by Crippen LogP contribution is -2.26. The van der Waals surface area contributed by atoms with Gasteiger partial charge in [-0.15, -0.1) is 0 Å². The molecule has 0 aromatic rings. The summed E-state index contributed by atoms with van der Waals surface area (Å²) in [6, 6.07) is 0. The molecule has 0 spiro atoms. The fraction of sp³-hybridized carbons (Fsp3) is 1.00. The molecule has 84 valence electrons. The summed E-state index contributed by atoms with van der Waals surface area (Å²) in [6.45, 7) is 4.12. The first-order chi connectivity index (χ1) is 6.58. The molecule has 14 heavy (non-hydrogen) atoms. The van der Waals surface area contributed by atoms with Crippen molar-refractivity contribution >= 4 is 7.60 Å². The van der Waals surface area contributed by atoms with E-state index in [0.29, 0.717) is 26.1 Å². The Labute approximate surface area is 85.1 Å². The molecule has 1 aliphatic rings. The van der Waals surface area contributed by atoms with E-state index in [4.69, 9.17) is 9.05 Å². The van der Waals surface area contributed by atoms with Crippen molar-refractivity contribution in [2.24, 2.45) is 0 Å². The molecule has 0 aromatic carbocycles. The number of hydrogen-bond donors (Lipinski definition) is 1. The van der Waals surface area contributed by atoms with Crippen LogP contribution >= 0.6 is 7.60 Å². The van der Waals surface area contributed by atoms with Gasteiger partial charge in [-0.2, -0.15) is 0 Å². The van der Waals surface area contributed by atoms with Crippen LogP contribution < -0.4 is 0 Å². The van der Waals surface area contributed by atoms with Crippen LogP contribution in [-0.2, 0) is 13.6 Å². The van der Waals surface area contributed by atoms with Crippen molar-refractivity contribution in [1.29, 1.82) is 0 Å². The Morgan fingerprint density at radius 2 is 1.64 bits per heavy atom. The Bertz CT molecular complexity index is 213. The molecule has 0 saturated heterocycles. The third kappa shape index (κ3) is 2.19. The lowest BCUT2D eigenvalue weighted by molar-refractivity contribution is 0.0728. The van der Waals surface area contributed by atoms with Crippen molar-refractivity contribution in [2.45, 2.75) is 44.9 Å². The average Bonchev–Trinajstić information content (AvgIpc) is 2.54. The topological polar surface area (TPSA) is 55.8 Å². The maximum atomic E-state index is 12.2. The van der Waals surface area contributed by atoms with Gasteiger partial charge in [-0.25, -0.2) is 0 Å². The van der Waals surface area contributed by atoms with Crippen molar-refractivity contribution < 1.29 is 18.7 Å². The van der Waals surface area contributed by atoms with Crippen molar-refractivity contribution in [3.63, 3.8) is 0 Å². The summed E-state index contributed by atoms with van der Waals surface area (Å²) >= 11 is 0. The molecule has 1 N–H and O–H groups in total.